The van der Waals surface area contributed by atoms with Crippen molar-refractivity contribution in [1.82, 2.24) is 0 Å². The van der Waals surface area contributed by atoms with Crippen LogP contribution in [0.3, 0.4) is 0 Å². The molecule has 0 aliphatic heterocycles. The van der Waals surface area contributed by atoms with Gasteiger partial charge in [-0.3, -0.25) is 0 Å². The van der Waals surface area contributed by atoms with Crippen molar-refractivity contribution in [2.75, 3.05) is 0 Å². The highest BCUT2D eigenvalue weighted by Crippen LogP contribution is 2.50. The van der Waals surface area contributed by atoms with Gasteiger partial charge in [0.1, 0.15) is 0 Å². The Morgan fingerprint density at radius 1 is 0.500 bits per heavy atom. The normalized spacial score (nSPS) is 12.0. The third-order valence-electron chi connectivity index (χ3n) is 11.1. The van der Waals surface area contributed by atoms with Crippen molar-refractivity contribution in [2.45, 2.75) is 20.8 Å². The van der Waals surface area contributed by atoms with Crippen LogP contribution in [0.5, 0.6) is 0 Å². The highest BCUT2D eigenvalue weighted by Gasteiger charge is 2.24. The molecule has 0 atom stereocenters. The lowest BCUT2D eigenvalue weighted by molar-refractivity contribution is 0.566. The molecule has 10 aromatic rings. The molecule has 3 aromatic heterocycles. The Kier molecular flexibility index (Phi) is 7.53. The zero-order valence-corrected chi connectivity index (χ0v) is 31.2. The summed E-state index contributed by atoms with van der Waals surface area (Å²) in [6.45, 7) is 10.7. The van der Waals surface area contributed by atoms with Gasteiger partial charge in [-0.05, 0) is 110 Å². The highest BCUT2D eigenvalue weighted by atomic mass is 32.1. The molecular weight excluding hydrogens is 677 g/mol. The van der Waals surface area contributed by atoms with Gasteiger partial charge in [-0.15, -0.1) is 11.3 Å². The third-order valence-corrected chi connectivity index (χ3v) is 12.2. The number of fused-ring (bicyclic) bond motifs is 6. The lowest BCUT2D eigenvalue weighted by atomic mass is 9.82. The Morgan fingerprint density at radius 2 is 1.04 bits per heavy atom. The van der Waals surface area contributed by atoms with Gasteiger partial charge in [0.2, 0.25) is 0 Å². The summed E-state index contributed by atoms with van der Waals surface area (Å²) in [5, 5.41) is 9.85. The molecule has 0 fully saturated rings. The molecule has 0 saturated carbocycles. The van der Waals surface area contributed by atoms with E-state index in [1.807, 2.05) is 42.5 Å². The molecule has 0 aliphatic carbocycles. The summed E-state index contributed by atoms with van der Waals surface area (Å²) in [4.78, 5) is 0. The fourth-order valence-electron chi connectivity index (χ4n) is 8.76. The minimum absolute atomic E-state index is 1.11. The van der Waals surface area contributed by atoms with E-state index in [1.165, 1.54) is 85.9 Å². The topological polar surface area (TPSA) is 26.3 Å². The second kappa shape index (κ2) is 12.6. The third kappa shape index (κ3) is 4.72. The summed E-state index contributed by atoms with van der Waals surface area (Å²) < 4.78 is 14.0. The SMILES string of the molecule is C=Cc1c(/C=C\C)c(-c2cocc2C)c2ccccc2c1-c1cccc2sc3cc(-c4c5ccccc5c(-c5cocc5C)c5ccccc45)ccc3c12. The van der Waals surface area contributed by atoms with Crippen LogP contribution in [0.15, 0.2) is 156 Å². The van der Waals surface area contributed by atoms with Crippen molar-refractivity contribution in [3.8, 4) is 44.5 Å². The standard InChI is InChI=1S/C51H36O2S/c1-5-14-34-33(6-2)48(39-19-11-12-20-40(39)49(34)43-28-52-26-30(43)3)42-21-13-22-45-51(42)41-24-23-32(25-46(41)54-45)47-35-15-7-9-17-37(35)50(44-29-53-27-31(44)4)38-18-10-8-16-36(38)47/h5-29H,2H2,1,3-4H3/b14-5-. The lowest BCUT2D eigenvalue weighted by Gasteiger charge is -2.20. The first-order valence-corrected chi connectivity index (χ1v) is 19.2. The van der Waals surface area contributed by atoms with Crippen LogP contribution >= 0.6 is 11.3 Å². The van der Waals surface area contributed by atoms with E-state index in [-0.39, 0.29) is 0 Å². The average molecular weight is 713 g/mol. The molecule has 0 saturated heterocycles. The number of allylic oxidation sites excluding steroid dienone is 1. The van der Waals surface area contributed by atoms with Gasteiger partial charge in [0, 0.05) is 42.4 Å². The number of benzene rings is 7. The number of thiophene rings is 1. The number of hydrogen-bond acceptors (Lipinski definition) is 3. The molecule has 0 amide bonds. The van der Waals surface area contributed by atoms with Crippen molar-refractivity contribution < 1.29 is 8.83 Å². The molecule has 0 aliphatic rings. The van der Waals surface area contributed by atoms with E-state index in [0.29, 0.717) is 0 Å². The zero-order chi connectivity index (χ0) is 36.5. The molecule has 7 aromatic carbocycles. The van der Waals surface area contributed by atoms with E-state index in [2.05, 4.69) is 149 Å². The molecule has 0 spiro atoms. The van der Waals surface area contributed by atoms with Crippen LogP contribution in [-0.4, -0.2) is 0 Å². The predicted octanol–water partition coefficient (Wildman–Crippen LogP) is 15.7. The maximum atomic E-state index is 5.73. The van der Waals surface area contributed by atoms with Crippen LogP contribution in [0, 0.1) is 13.8 Å². The Balaban J connectivity index is 1.25. The first-order chi connectivity index (χ1) is 26.6. The fourth-order valence-corrected chi connectivity index (χ4v) is 9.93. The van der Waals surface area contributed by atoms with Crippen LogP contribution in [0.1, 0.15) is 29.2 Å². The van der Waals surface area contributed by atoms with Gasteiger partial charge in [-0.1, -0.05) is 122 Å². The van der Waals surface area contributed by atoms with Crippen molar-refractivity contribution in [3.05, 3.63) is 169 Å². The van der Waals surface area contributed by atoms with Crippen LogP contribution in [0.4, 0.5) is 0 Å². The summed E-state index contributed by atoms with van der Waals surface area (Å²) >= 11 is 1.87. The second-order valence-electron chi connectivity index (χ2n) is 14.1. The van der Waals surface area contributed by atoms with Gasteiger partial charge in [-0.2, -0.15) is 0 Å². The summed E-state index contributed by atoms with van der Waals surface area (Å²) in [5.41, 5.74) is 14.1. The van der Waals surface area contributed by atoms with E-state index >= 15 is 0 Å². The van der Waals surface area contributed by atoms with Crippen LogP contribution < -0.4 is 0 Å². The summed E-state index contributed by atoms with van der Waals surface area (Å²) in [7, 11) is 0. The molecule has 258 valence electrons. The van der Waals surface area contributed by atoms with Gasteiger partial charge in [0.05, 0.1) is 25.1 Å². The van der Waals surface area contributed by atoms with E-state index in [9.17, 15) is 0 Å². The maximum Gasteiger partial charge on any atom is 0.0984 e. The molecule has 0 bridgehead atoms. The lowest BCUT2D eigenvalue weighted by Crippen LogP contribution is -1.96. The fraction of sp³-hybridized carbons (Fsp3) is 0.0588. The molecule has 2 nitrogen and oxygen atoms in total. The molecule has 54 heavy (non-hydrogen) atoms. The Hall–Kier alpha value is -6.42. The van der Waals surface area contributed by atoms with Crippen molar-refractivity contribution in [3.63, 3.8) is 0 Å². The Morgan fingerprint density at radius 3 is 1.57 bits per heavy atom. The van der Waals surface area contributed by atoms with Crippen LogP contribution in [-0.2, 0) is 0 Å². The highest BCUT2D eigenvalue weighted by molar-refractivity contribution is 7.26. The summed E-state index contributed by atoms with van der Waals surface area (Å²) in [5.74, 6) is 0. The van der Waals surface area contributed by atoms with Crippen molar-refractivity contribution >= 4 is 76.0 Å². The number of aryl methyl sites for hydroxylation is 2. The molecular formula is C51H36O2S. The van der Waals surface area contributed by atoms with Gasteiger partial charge in [0.15, 0.2) is 0 Å². The maximum absolute atomic E-state index is 5.73. The minimum Gasteiger partial charge on any atom is -0.472 e. The van der Waals surface area contributed by atoms with E-state index in [1.54, 1.807) is 0 Å². The quantitative estimate of drug-likeness (QED) is 0.160. The predicted molar refractivity (Wildman–Crippen MR) is 232 cm³/mol. The molecule has 3 heteroatoms. The van der Waals surface area contributed by atoms with Crippen LogP contribution in [0.25, 0.3) is 109 Å². The monoisotopic (exact) mass is 712 g/mol. The molecule has 0 N–H and O–H groups in total. The van der Waals surface area contributed by atoms with E-state index in [4.69, 9.17) is 8.83 Å². The van der Waals surface area contributed by atoms with Crippen molar-refractivity contribution in [2.24, 2.45) is 0 Å². The molecule has 0 radical (unpaired) electrons. The zero-order valence-electron chi connectivity index (χ0n) is 30.4. The molecule has 10 rings (SSSR count). The summed E-state index contributed by atoms with van der Waals surface area (Å²) in [6.07, 6.45) is 13.8. The molecule has 3 heterocycles. The average Bonchev–Trinajstić information content (AvgIpc) is 3.93. The minimum atomic E-state index is 1.11. The Bertz CT molecular complexity index is 3100. The first kappa shape index (κ1) is 32.2. The number of furan rings is 2. The van der Waals surface area contributed by atoms with Gasteiger partial charge in [0.25, 0.3) is 0 Å². The summed E-state index contributed by atoms with van der Waals surface area (Å²) in [6, 6.07) is 40.2. The largest absolute Gasteiger partial charge is 0.472 e. The van der Waals surface area contributed by atoms with Gasteiger partial charge in [-0.25, -0.2) is 0 Å². The van der Waals surface area contributed by atoms with Gasteiger partial charge < -0.3 is 8.83 Å². The first-order valence-electron chi connectivity index (χ1n) is 18.4. The number of hydrogen-bond donors (Lipinski definition) is 0. The number of rotatable bonds is 6. The molecule has 0 unspecified atom stereocenters. The van der Waals surface area contributed by atoms with E-state index in [0.717, 1.165) is 33.4 Å². The van der Waals surface area contributed by atoms with Crippen molar-refractivity contribution in [1.29, 1.82) is 0 Å². The van der Waals surface area contributed by atoms with E-state index < -0.39 is 0 Å². The second-order valence-corrected chi connectivity index (χ2v) is 15.2. The van der Waals surface area contributed by atoms with Gasteiger partial charge >= 0.3 is 0 Å². The van der Waals surface area contributed by atoms with Crippen LogP contribution in [0.2, 0.25) is 0 Å². The Labute approximate surface area is 317 Å². The smallest absolute Gasteiger partial charge is 0.0984 e.